The molecule has 1 aromatic heterocycles. The van der Waals surface area contributed by atoms with E-state index in [1.54, 1.807) is 18.2 Å². The van der Waals surface area contributed by atoms with Crippen LogP contribution in [-0.4, -0.2) is 55.1 Å². The lowest BCUT2D eigenvalue weighted by atomic mass is 9.60. The van der Waals surface area contributed by atoms with Crippen molar-refractivity contribution in [2.24, 2.45) is 23.7 Å². The molecule has 2 bridgehead atoms. The van der Waals surface area contributed by atoms with Crippen LogP contribution >= 0.6 is 0 Å². The molecular formula is C25H31F3N4O. The van der Waals surface area contributed by atoms with E-state index in [0.29, 0.717) is 42.0 Å². The number of nitrogens with one attached hydrogen (secondary N) is 1. The van der Waals surface area contributed by atoms with Gasteiger partial charge in [-0.3, -0.25) is 9.78 Å². The van der Waals surface area contributed by atoms with Crippen LogP contribution in [0.15, 0.2) is 30.5 Å². The number of anilines is 1. The number of alkyl halides is 3. The maximum atomic E-state index is 13.5. The predicted molar refractivity (Wildman–Crippen MR) is 122 cm³/mol. The number of piperidine rings is 3. The zero-order valence-electron chi connectivity index (χ0n) is 19.1. The van der Waals surface area contributed by atoms with Crippen molar-refractivity contribution in [1.82, 2.24) is 15.2 Å². The van der Waals surface area contributed by atoms with Crippen LogP contribution in [0.4, 0.5) is 18.9 Å². The van der Waals surface area contributed by atoms with Gasteiger partial charge in [-0.25, -0.2) is 0 Å². The number of likely N-dealkylation sites (tertiary alicyclic amines) is 1. The van der Waals surface area contributed by atoms with Gasteiger partial charge in [0.25, 0.3) is 0 Å². The van der Waals surface area contributed by atoms with Crippen molar-refractivity contribution in [3.63, 3.8) is 0 Å². The largest absolute Gasteiger partial charge is 0.418 e. The molecule has 2 aliphatic heterocycles. The fraction of sp³-hybridized carbons (Fsp3) is 0.600. The number of fused-ring (bicyclic) bond motifs is 3. The van der Waals surface area contributed by atoms with Crippen molar-refractivity contribution < 1.29 is 18.0 Å². The van der Waals surface area contributed by atoms with Crippen LogP contribution in [0.1, 0.15) is 31.7 Å². The molecule has 3 aliphatic rings. The van der Waals surface area contributed by atoms with Gasteiger partial charge in [0.1, 0.15) is 0 Å². The number of amides is 1. The normalized spacial score (nSPS) is 30.2. The summed E-state index contributed by atoms with van der Waals surface area (Å²) in [7, 11) is 2.15. The van der Waals surface area contributed by atoms with Crippen LogP contribution in [0.5, 0.6) is 0 Å². The molecule has 5 rings (SSSR count). The van der Waals surface area contributed by atoms with E-state index in [-0.39, 0.29) is 17.5 Å². The number of nitrogens with zero attached hydrogens (tertiary/aromatic N) is 3. The zero-order chi connectivity index (χ0) is 23.3. The molecule has 1 saturated carbocycles. The molecule has 1 amide bonds. The first kappa shape index (κ1) is 22.4. The Hall–Kier alpha value is -2.35. The van der Waals surface area contributed by atoms with Gasteiger partial charge in [-0.1, -0.05) is 6.92 Å². The molecule has 0 radical (unpaired) electrons. The third-order valence-corrected chi connectivity index (χ3v) is 7.75. The third kappa shape index (κ3) is 4.42. The highest BCUT2D eigenvalue weighted by molar-refractivity contribution is 5.94. The first-order chi connectivity index (χ1) is 15.7. The van der Waals surface area contributed by atoms with Gasteiger partial charge in [-0.05, 0) is 67.8 Å². The Kier molecular flexibility index (Phi) is 5.75. The Bertz CT molecular complexity index is 1030. The molecular weight excluding hydrogens is 429 g/mol. The summed E-state index contributed by atoms with van der Waals surface area (Å²) < 4.78 is 40.5. The highest BCUT2D eigenvalue weighted by Crippen LogP contribution is 2.47. The number of halogens is 3. The summed E-state index contributed by atoms with van der Waals surface area (Å²) in [5.74, 6) is 2.18. The molecule has 178 valence electrons. The molecule has 1 N–H and O–H groups in total. The molecule has 5 atom stereocenters. The topological polar surface area (TPSA) is 48.5 Å². The standard InChI is InChI=1S/C25H31F3N4O/c1-15-8-18(30-23(33)10-20-16-9-17(20)13-31(2)12-16)14-32(11-15)22-6-5-21(25(26,27)28)24-19(22)4-3-7-29-24/h3-7,15-18,20H,8-14H2,1-2H3,(H,30,33)/t15-,16-,17+,18+,20-/m1/s1. The number of hydrogen-bond acceptors (Lipinski definition) is 4. The average Bonchev–Trinajstić information content (AvgIpc) is 2.75. The van der Waals surface area contributed by atoms with Gasteiger partial charge >= 0.3 is 6.18 Å². The van der Waals surface area contributed by atoms with E-state index >= 15 is 0 Å². The van der Waals surface area contributed by atoms with Crippen molar-refractivity contribution in [2.75, 3.05) is 38.1 Å². The maximum Gasteiger partial charge on any atom is 0.418 e. The van der Waals surface area contributed by atoms with Crippen molar-refractivity contribution in [1.29, 1.82) is 0 Å². The second-order valence-corrected chi connectivity index (χ2v) is 10.4. The molecule has 3 fully saturated rings. The fourth-order valence-electron chi connectivity index (χ4n) is 6.37. The Morgan fingerprint density at radius 3 is 2.61 bits per heavy atom. The quantitative estimate of drug-likeness (QED) is 0.744. The van der Waals surface area contributed by atoms with E-state index in [0.717, 1.165) is 37.8 Å². The first-order valence-electron chi connectivity index (χ1n) is 11.9. The predicted octanol–water partition coefficient (Wildman–Crippen LogP) is 4.17. The molecule has 8 heteroatoms. The smallest absolute Gasteiger partial charge is 0.369 e. The average molecular weight is 461 g/mol. The summed E-state index contributed by atoms with van der Waals surface area (Å²) >= 11 is 0. The number of carbonyl (C=O) groups excluding carboxylic acids is 1. The molecule has 1 aromatic carbocycles. The van der Waals surface area contributed by atoms with E-state index in [2.05, 4.69) is 34.1 Å². The van der Waals surface area contributed by atoms with Gasteiger partial charge in [0.05, 0.1) is 11.1 Å². The minimum Gasteiger partial charge on any atom is -0.369 e. The van der Waals surface area contributed by atoms with Gasteiger partial charge in [0, 0.05) is 55.9 Å². The highest BCUT2D eigenvalue weighted by Gasteiger charge is 2.46. The number of carbonyl (C=O) groups is 1. The van der Waals surface area contributed by atoms with E-state index in [4.69, 9.17) is 0 Å². The van der Waals surface area contributed by atoms with Crippen molar-refractivity contribution in [3.8, 4) is 0 Å². The van der Waals surface area contributed by atoms with Gasteiger partial charge in [0.2, 0.25) is 5.91 Å². The van der Waals surface area contributed by atoms with Crippen molar-refractivity contribution in [2.45, 2.75) is 38.4 Å². The van der Waals surface area contributed by atoms with Crippen LogP contribution in [0.3, 0.4) is 0 Å². The molecule has 33 heavy (non-hydrogen) atoms. The van der Waals surface area contributed by atoms with E-state index in [1.807, 2.05) is 0 Å². The monoisotopic (exact) mass is 460 g/mol. The SMILES string of the molecule is C[C@@H]1C[C@H](NC(=O)C[C@@H]2[C@@H]3C[C@H]2CN(C)C3)CN(c2ccc(C(F)(F)F)c3ncccc23)C1. The van der Waals surface area contributed by atoms with Crippen LogP contribution < -0.4 is 10.2 Å². The third-order valence-electron chi connectivity index (χ3n) is 7.75. The summed E-state index contributed by atoms with van der Waals surface area (Å²) in [5.41, 5.74) is 0.00437. The van der Waals surface area contributed by atoms with Crippen LogP contribution in [0, 0.1) is 23.7 Å². The van der Waals surface area contributed by atoms with E-state index < -0.39 is 11.7 Å². The molecule has 0 unspecified atom stereocenters. The van der Waals surface area contributed by atoms with Gasteiger partial charge in [-0.2, -0.15) is 13.2 Å². The second-order valence-electron chi connectivity index (χ2n) is 10.4. The van der Waals surface area contributed by atoms with Gasteiger partial charge in [-0.15, -0.1) is 0 Å². The maximum absolute atomic E-state index is 13.5. The molecule has 1 aliphatic carbocycles. The number of aromatic nitrogens is 1. The lowest BCUT2D eigenvalue weighted by Crippen LogP contribution is -2.56. The van der Waals surface area contributed by atoms with Crippen LogP contribution in [0.2, 0.25) is 0 Å². The fourth-order valence-corrected chi connectivity index (χ4v) is 6.37. The summed E-state index contributed by atoms with van der Waals surface area (Å²) in [4.78, 5) is 21.4. The Balaban J connectivity index is 1.30. The number of pyridine rings is 1. The number of rotatable bonds is 4. The molecule has 2 saturated heterocycles. The number of hydrogen-bond donors (Lipinski definition) is 1. The highest BCUT2D eigenvalue weighted by atomic mass is 19.4. The summed E-state index contributed by atoms with van der Waals surface area (Å²) in [5, 5.41) is 3.74. The first-order valence-corrected chi connectivity index (χ1v) is 11.9. The lowest BCUT2D eigenvalue weighted by Gasteiger charge is -2.53. The molecule has 5 nitrogen and oxygen atoms in total. The minimum atomic E-state index is -4.45. The van der Waals surface area contributed by atoms with Gasteiger partial charge < -0.3 is 15.1 Å². The Morgan fingerprint density at radius 2 is 1.88 bits per heavy atom. The van der Waals surface area contributed by atoms with E-state index in [9.17, 15) is 18.0 Å². The minimum absolute atomic E-state index is 0.0159. The summed E-state index contributed by atoms with van der Waals surface area (Å²) in [6.07, 6.45) is -0.353. The molecule has 2 aromatic rings. The van der Waals surface area contributed by atoms with E-state index in [1.165, 1.54) is 12.6 Å². The molecule has 0 spiro atoms. The van der Waals surface area contributed by atoms with Crippen LogP contribution in [-0.2, 0) is 11.0 Å². The zero-order valence-corrected chi connectivity index (χ0v) is 19.1. The lowest BCUT2D eigenvalue weighted by molar-refractivity contribution is -0.136. The summed E-state index contributed by atoms with van der Waals surface area (Å²) in [6.45, 7) is 5.62. The Morgan fingerprint density at radius 1 is 1.12 bits per heavy atom. The molecule has 3 heterocycles. The van der Waals surface area contributed by atoms with Crippen LogP contribution in [0.25, 0.3) is 10.9 Å². The van der Waals surface area contributed by atoms with Gasteiger partial charge in [0.15, 0.2) is 0 Å². The number of benzene rings is 1. The van der Waals surface area contributed by atoms with Crippen molar-refractivity contribution >= 4 is 22.5 Å². The second kappa shape index (κ2) is 8.46. The van der Waals surface area contributed by atoms with Crippen molar-refractivity contribution in [3.05, 3.63) is 36.0 Å². The Labute approximate surface area is 192 Å². The summed E-state index contributed by atoms with van der Waals surface area (Å²) in [6, 6.07) is 6.04.